The minimum absolute atomic E-state index is 0.125. The fourth-order valence-electron chi connectivity index (χ4n) is 1.66. The Morgan fingerprint density at radius 1 is 1.40 bits per heavy atom. The lowest BCUT2D eigenvalue weighted by Gasteiger charge is -2.06. The van der Waals surface area contributed by atoms with Gasteiger partial charge in [-0.2, -0.15) is 0 Å². The van der Waals surface area contributed by atoms with Crippen molar-refractivity contribution < 1.29 is 9.90 Å². The maximum absolute atomic E-state index is 10.6. The van der Waals surface area contributed by atoms with Gasteiger partial charge in [0.1, 0.15) is 0 Å². The highest BCUT2D eigenvalue weighted by Crippen LogP contribution is 2.13. The molecule has 0 spiro atoms. The average Bonchev–Trinajstić information content (AvgIpc) is 2.18. The molecule has 1 rings (SSSR count). The number of hydrogen-bond acceptors (Lipinski definition) is 1. The van der Waals surface area contributed by atoms with E-state index in [0.717, 1.165) is 17.5 Å². The van der Waals surface area contributed by atoms with E-state index in [0.29, 0.717) is 0 Å². The quantitative estimate of drug-likeness (QED) is 0.804. The summed E-state index contributed by atoms with van der Waals surface area (Å²) in [7, 11) is 0. The second kappa shape index (κ2) is 5.54. The first kappa shape index (κ1) is 11.8. The second-order valence-electron chi connectivity index (χ2n) is 3.93. The number of aliphatic carboxylic acids is 1. The van der Waals surface area contributed by atoms with Crippen LogP contribution in [0, 0.1) is 6.92 Å². The van der Waals surface area contributed by atoms with Gasteiger partial charge in [-0.1, -0.05) is 31.5 Å². The predicted octanol–water partition coefficient (Wildman–Crippen LogP) is 2.96. The molecule has 1 aromatic carbocycles. The molecule has 82 valence electrons. The molecule has 0 saturated carbocycles. The maximum Gasteiger partial charge on any atom is 0.307 e. The van der Waals surface area contributed by atoms with E-state index >= 15 is 0 Å². The van der Waals surface area contributed by atoms with E-state index < -0.39 is 5.97 Å². The summed E-state index contributed by atoms with van der Waals surface area (Å²) in [6, 6.07) is 6.09. The van der Waals surface area contributed by atoms with E-state index in [1.54, 1.807) is 0 Å². The third kappa shape index (κ3) is 3.74. The van der Waals surface area contributed by atoms with Gasteiger partial charge in [0.2, 0.25) is 0 Å². The van der Waals surface area contributed by atoms with Gasteiger partial charge in [0.25, 0.3) is 0 Å². The topological polar surface area (TPSA) is 37.3 Å². The van der Waals surface area contributed by atoms with Gasteiger partial charge in [0.15, 0.2) is 0 Å². The molecule has 0 fully saturated rings. The Morgan fingerprint density at radius 2 is 2.13 bits per heavy atom. The minimum atomic E-state index is -0.764. The Labute approximate surface area is 90.9 Å². The smallest absolute Gasteiger partial charge is 0.307 e. The first-order valence-electron chi connectivity index (χ1n) is 5.43. The standard InChI is InChI=1S/C13H18O2/c1-3-4-5-11-6-7-12(9-13(14)15)10(2)8-11/h6-8H,3-5,9H2,1-2H3,(H,14,15). The first-order valence-corrected chi connectivity index (χ1v) is 5.43. The van der Waals surface area contributed by atoms with Gasteiger partial charge in [-0.3, -0.25) is 4.79 Å². The fourth-order valence-corrected chi connectivity index (χ4v) is 1.66. The van der Waals surface area contributed by atoms with Gasteiger partial charge in [-0.05, 0) is 36.5 Å². The van der Waals surface area contributed by atoms with Crippen LogP contribution in [-0.2, 0) is 17.6 Å². The zero-order chi connectivity index (χ0) is 11.3. The van der Waals surface area contributed by atoms with E-state index in [1.807, 2.05) is 19.1 Å². The number of carboxylic acid groups (broad SMARTS) is 1. The molecule has 2 heteroatoms. The lowest BCUT2D eigenvalue weighted by molar-refractivity contribution is -0.136. The van der Waals surface area contributed by atoms with E-state index in [9.17, 15) is 4.79 Å². The van der Waals surface area contributed by atoms with Crippen LogP contribution in [0.2, 0.25) is 0 Å². The molecule has 0 atom stereocenters. The van der Waals surface area contributed by atoms with Crippen molar-refractivity contribution in [1.29, 1.82) is 0 Å². The Morgan fingerprint density at radius 3 is 2.67 bits per heavy atom. The van der Waals surface area contributed by atoms with E-state index in [4.69, 9.17) is 5.11 Å². The number of carbonyl (C=O) groups is 1. The summed E-state index contributed by atoms with van der Waals surface area (Å²) in [6.07, 6.45) is 3.60. The zero-order valence-corrected chi connectivity index (χ0v) is 9.42. The number of benzene rings is 1. The van der Waals surface area contributed by atoms with Crippen molar-refractivity contribution in [1.82, 2.24) is 0 Å². The van der Waals surface area contributed by atoms with Crippen LogP contribution in [0.5, 0.6) is 0 Å². The van der Waals surface area contributed by atoms with E-state index in [2.05, 4.69) is 13.0 Å². The zero-order valence-electron chi connectivity index (χ0n) is 9.42. The van der Waals surface area contributed by atoms with E-state index in [1.165, 1.54) is 18.4 Å². The number of rotatable bonds is 5. The Balaban J connectivity index is 2.74. The highest BCUT2D eigenvalue weighted by atomic mass is 16.4. The van der Waals surface area contributed by atoms with Crippen molar-refractivity contribution in [2.45, 2.75) is 39.5 Å². The summed E-state index contributed by atoms with van der Waals surface area (Å²) < 4.78 is 0. The van der Waals surface area contributed by atoms with Crippen LogP contribution in [0.4, 0.5) is 0 Å². The number of aryl methyl sites for hydroxylation is 2. The SMILES string of the molecule is CCCCc1ccc(CC(=O)O)c(C)c1. The van der Waals surface area contributed by atoms with Crippen molar-refractivity contribution in [2.24, 2.45) is 0 Å². The van der Waals surface area contributed by atoms with Crippen molar-refractivity contribution in [3.8, 4) is 0 Å². The molecule has 0 heterocycles. The van der Waals surface area contributed by atoms with Gasteiger partial charge in [0.05, 0.1) is 6.42 Å². The molecule has 2 nitrogen and oxygen atoms in total. The molecule has 0 saturated heterocycles. The highest BCUT2D eigenvalue weighted by molar-refractivity contribution is 5.70. The molecular formula is C13H18O2. The first-order chi connectivity index (χ1) is 7.13. The van der Waals surface area contributed by atoms with Crippen LogP contribution in [0.3, 0.4) is 0 Å². The molecule has 0 bridgehead atoms. The molecular weight excluding hydrogens is 188 g/mol. The minimum Gasteiger partial charge on any atom is -0.481 e. The summed E-state index contributed by atoms with van der Waals surface area (Å²) in [5.41, 5.74) is 3.32. The number of hydrogen-bond donors (Lipinski definition) is 1. The molecule has 0 aliphatic rings. The predicted molar refractivity (Wildman–Crippen MR) is 61.1 cm³/mol. The van der Waals surface area contributed by atoms with Gasteiger partial charge in [0, 0.05) is 0 Å². The van der Waals surface area contributed by atoms with Crippen LogP contribution in [0.15, 0.2) is 18.2 Å². The maximum atomic E-state index is 10.6. The lowest BCUT2D eigenvalue weighted by atomic mass is 10.00. The monoisotopic (exact) mass is 206 g/mol. The largest absolute Gasteiger partial charge is 0.481 e. The number of unbranched alkanes of at least 4 members (excludes halogenated alkanes) is 1. The summed E-state index contributed by atoms with van der Waals surface area (Å²) >= 11 is 0. The van der Waals surface area contributed by atoms with Gasteiger partial charge in [-0.25, -0.2) is 0 Å². The molecule has 0 radical (unpaired) electrons. The third-order valence-electron chi connectivity index (χ3n) is 2.57. The second-order valence-corrected chi connectivity index (χ2v) is 3.93. The van der Waals surface area contributed by atoms with Crippen molar-refractivity contribution in [2.75, 3.05) is 0 Å². The molecule has 1 aromatic rings. The summed E-state index contributed by atoms with van der Waals surface area (Å²) in [5.74, 6) is -0.764. The van der Waals surface area contributed by atoms with Crippen LogP contribution in [0.25, 0.3) is 0 Å². The Bertz CT molecular complexity index is 342. The van der Waals surface area contributed by atoms with Gasteiger partial charge in [-0.15, -0.1) is 0 Å². The molecule has 0 unspecified atom stereocenters. The Kier molecular flexibility index (Phi) is 4.35. The van der Waals surface area contributed by atoms with Crippen molar-refractivity contribution >= 4 is 5.97 Å². The number of carboxylic acids is 1. The molecule has 15 heavy (non-hydrogen) atoms. The molecule has 0 aromatic heterocycles. The van der Waals surface area contributed by atoms with Gasteiger partial charge < -0.3 is 5.11 Å². The lowest BCUT2D eigenvalue weighted by Crippen LogP contribution is -2.02. The molecule has 0 aliphatic heterocycles. The van der Waals surface area contributed by atoms with Crippen LogP contribution >= 0.6 is 0 Å². The van der Waals surface area contributed by atoms with Crippen LogP contribution < -0.4 is 0 Å². The highest BCUT2D eigenvalue weighted by Gasteiger charge is 2.04. The summed E-state index contributed by atoms with van der Waals surface area (Å²) in [5, 5.41) is 8.70. The Hall–Kier alpha value is -1.31. The average molecular weight is 206 g/mol. The normalized spacial score (nSPS) is 10.3. The third-order valence-corrected chi connectivity index (χ3v) is 2.57. The van der Waals surface area contributed by atoms with Crippen LogP contribution in [-0.4, -0.2) is 11.1 Å². The summed E-state index contributed by atoms with van der Waals surface area (Å²) in [4.78, 5) is 10.6. The fraction of sp³-hybridized carbons (Fsp3) is 0.462. The molecule has 0 aliphatic carbocycles. The van der Waals surface area contributed by atoms with Crippen molar-refractivity contribution in [3.05, 3.63) is 34.9 Å². The van der Waals surface area contributed by atoms with Gasteiger partial charge >= 0.3 is 5.97 Å². The molecule has 0 amide bonds. The summed E-state index contributed by atoms with van der Waals surface area (Å²) in [6.45, 7) is 4.15. The molecule has 1 N–H and O–H groups in total. The van der Waals surface area contributed by atoms with E-state index in [-0.39, 0.29) is 6.42 Å². The van der Waals surface area contributed by atoms with Crippen molar-refractivity contribution in [3.63, 3.8) is 0 Å². The van der Waals surface area contributed by atoms with Crippen LogP contribution in [0.1, 0.15) is 36.5 Å².